The zero-order valence-corrected chi connectivity index (χ0v) is 16.2. The van der Waals surface area contributed by atoms with Gasteiger partial charge < -0.3 is 9.64 Å². The van der Waals surface area contributed by atoms with Gasteiger partial charge in [-0.15, -0.1) is 11.3 Å². The number of aromatic nitrogens is 1. The monoisotopic (exact) mass is 377 g/mol. The molecule has 26 heavy (non-hydrogen) atoms. The van der Waals surface area contributed by atoms with Gasteiger partial charge >= 0.3 is 0 Å². The Hall–Kier alpha value is -1.99. The lowest BCUT2D eigenvalue weighted by molar-refractivity contribution is 0.0812. The molecule has 1 fully saturated rings. The van der Waals surface area contributed by atoms with Gasteiger partial charge in [-0.3, -0.25) is 9.69 Å². The van der Waals surface area contributed by atoms with E-state index in [1.54, 1.807) is 17.4 Å². The van der Waals surface area contributed by atoms with E-state index in [9.17, 15) is 9.18 Å². The topological polar surface area (TPSA) is 45.7 Å². The van der Waals surface area contributed by atoms with Crippen LogP contribution in [0.15, 0.2) is 24.4 Å². The lowest BCUT2D eigenvalue weighted by Crippen LogP contribution is -2.38. The minimum atomic E-state index is -0.494. The summed E-state index contributed by atoms with van der Waals surface area (Å²) in [7, 11) is 5.37. The van der Waals surface area contributed by atoms with Crippen LogP contribution in [0.25, 0.3) is 0 Å². The Balaban J connectivity index is 1.65. The van der Waals surface area contributed by atoms with Crippen LogP contribution in [0.3, 0.4) is 0 Å². The molecule has 5 nitrogen and oxygen atoms in total. The zero-order chi connectivity index (χ0) is 18.7. The molecule has 1 aliphatic heterocycles. The Labute approximate surface area is 157 Å². The average molecular weight is 377 g/mol. The van der Waals surface area contributed by atoms with Crippen LogP contribution in [-0.4, -0.2) is 50.0 Å². The predicted octanol–water partition coefficient (Wildman–Crippen LogP) is 3.45. The zero-order valence-electron chi connectivity index (χ0n) is 15.4. The maximum atomic E-state index is 13.9. The molecule has 1 aliphatic rings. The van der Waals surface area contributed by atoms with Crippen molar-refractivity contribution in [1.82, 2.24) is 9.88 Å². The number of halogens is 1. The van der Waals surface area contributed by atoms with Crippen molar-refractivity contribution in [2.45, 2.75) is 19.4 Å². The van der Waals surface area contributed by atoms with Crippen LogP contribution < -0.4 is 9.64 Å². The molecule has 2 heterocycles. The molecule has 140 valence electrons. The van der Waals surface area contributed by atoms with E-state index in [0.29, 0.717) is 12.1 Å². The highest BCUT2D eigenvalue weighted by molar-refractivity contribution is 7.15. The van der Waals surface area contributed by atoms with Crippen molar-refractivity contribution in [1.29, 1.82) is 0 Å². The molecular formula is C19H24FN3O2S. The van der Waals surface area contributed by atoms with Gasteiger partial charge in [0.1, 0.15) is 0 Å². The summed E-state index contributed by atoms with van der Waals surface area (Å²) < 4.78 is 18.8. The Morgan fingerprint density at radius 2 is 2.27 bits per heavy atom. The van der Waals surface area contributed by atoms with E-state index in [0.717, 1.165) is 31.1 Å². The van der Waals surface area contributed by atoms with Gasteiger partial charge in [-0.1, -0.05) is 0 Å². The molecule has 0 bridgehead atoms. The van der Waals surface area contributed by atoms with E-state index in [-0.39, 0.29) is 17.5 Å². The summed E-state index contributed by atoms with van der Waals surface area (Å²) >= 11 is 1.67. The van der Waals surface area contributed by atoms with Crippen molar-refractivity contribution in [2.75, 3.05) is 39.2 Å². The second-order valence-corrected chi connectivity index (χ2v) is 7.89. The SMILES string of the molecule is COc1ccc(C(=O)[C@@H]2CCCN(Cc3cnc(N(C)C)s3)C2)cc1F. The third-order valence-corrected chi connectivity index (χ3v) is 5.77. The van der Waals surface area contributed by atoms with Gasteiger partial charge in [0.15, 0.2) is 22.5 Å². The Morgan fingerprint density at radius 3 is 2.92 bits per heavy atom. The average Bonchev–Trinajstić information content (AvgIpc) is 3.10. The molecule has 1 atom stereocenters. The first-order valence-corrected chi connectivity index (χ1v) is 9.51. The first kappa shape index (κ1) is 18.8. The van der Waals surface area contributed by atoms with E-state index < -0.39 is 5.82 Å². The lowest BCUT2D eigenvalue weighted by Gasteiger charge is -2.31. The molecular weight excluding hydrogens is 353 g/mol. The second-order valence-electron chi connectivity index (χ2n) is 6.79. The lowest BCUT2D eigenvalue weighted by atomic mass is 9.90. The number of nitrogens with zero attached hydrogens (tertiary/aromatic N) is 3. The van der Waals surface area contributed by atoms with E-state index >= 15 is 0 Å². The van der Waals surface area contributed by atoms with Gasteiger partial charge in [-0.05, 0) is 37.6 Å². The Morgan fingerprint density at radius 1 is 1.46 bits per heavy atom. The molecule has 3 rings (SSSR count). The minimum Gasteiger partial charge on any atom is -0.494 e. The minimum absolute atomic E-state index is 0.00883. The molecule has 0 unspecified atom stereocenters. The van der Waals surface area contributed by atoms with Crippen LogP contribution >= 0.6 is 11.3 Å². The summed E-state index contributed by atoms with van der Waals surface area (Å²) in [6, 6.07) is 4.45. The summed E-state index contributed by atoms with van der Waals surface area (Å²) in [5, 5.41) is 0.985. The van der Waals surface area contributed by atoms with Crippen LogP contribution in [0.4, 0.5) is 9.52 Å². The fourth-order valence-electron chi connectivity index (χ4n) is 3.27. The predicted molar refractivity (Wildman–Crippen MR) is 102 cm³/mol. The van der Waals surface area contributed by atoms with Gasteiger partial charge in [0.05, 0.1) is 7.11 Å². The quantitative estimate of drug-likeness (QED) is 0.722. The Bertz CT molecular complexity index is 778. The summed E-state index contributed by atoms with van der Waals surface area (Å²) in [4.78, 5) is 22.7. The highest BCUT2D eigenvalue weighted by Gasteiger charge is 2.27. The maximum Gasteiger partial charge on any atom is 0.185 e. The van der Waals surface area contributed by atoms with Crippen molar-refractivity contribution in [3.63, 3.8) is 0 Å². The largest absolute Gasteiger partial charge is 0.494 e. The van der Waals surface area contributed by atoms with Crippen molar-refractivity contribution in [3.8, 4) is 5.75 Å². The third-order valence-electron chi connectivity index (χ3n) is 4.62. The van der Waals surface area contributed by atoms with E-state index in [4.69, 9.17) is 4.74 Å². The molecule has 0 saturated carbocycles. The highest BCUT2D eigenvalue weighted by atomic mass is 32.1. The van der Waals surface area contributed by atoms with Gasteiger partial charge in [0, 0.05) is 49.7 Å². The van der Waals surface area contributed by atoms with Crippen molar-refractivity contribution in [2.24, 2.45) is 5.92 Å². The summed E-state index contributed by atoms with van der Waals surface area (Å²) in [5.41, 5.74) is 0.419. The van der Waals surface area contributed by atoms with Gasteiger partial charge in [0.2, 0.25) is 0 Å². The number of ether oxygens (including phenoxy) is 1. The fraction of sp³-hybridized carbons (Fsp3) is 0.474. The highest BCUT2D eigenvalue weighted by Crippen LogP contribution is 2.27. The number of hydrogen-bond donors (Lipinski definition) is 0. The molecule has 0 radical (unpaired) electrons. The molecule has 2 aromatic rings. The molecule has 0 amide bonds. The normalized spacial score (nSPS) is 17.9. The molecule has 0 N–H and O–H groups in total. The molecule has 1 aromatic heterocycles. The van der Waals surface area contributed by atoms with Gasteiger partial charge in [-0.2, -0.15) is 0 Å². The van der Waals surface area contributed by atoms with Crippen LogP contribution in [0.1, 0.15) is 28.1 Å². The first-order chi connectivity index (χ1) is 12.5. The number of piperidine rings is 1. The molecule has 1 aromatic carbocycles. The van der Waals surface area contributed by atoms with Crippen LogP contribution in [0, 0.1) is 11.7 Å². The number of carbonyl (C=O) groups excluding carboxylic acids is 1. The summed E-state index contributed by atoms with van der Waals surface area (Å²) in [6.45, 7) is 2.46. The van der Waals surface area contributed by atoms with Crippen LogP contribution in [0.5, 0.6) is 5.75 Å². The van der Waals surface area contributed by atoms with Crippen LogP contribution in [0.2, 0.25) is 0 Å². The smallest absolute Gasteiger partial charge is 0.185 e. The first-order valence-electron chi connectivity index (χ1n) is 8.70. The number of rotatable bonds is 6. The number of carbonyl (C=O) groups is 1. The van der Waals surface area contributed by atoms with Gasteiger partial charge in [-0.25, -0.2) is 9.37 Å². The van der Waals surface area contributed by atoms with E-state index in [1.807, 2.05) is 25.2 Å². The number of ketones is 1. The van der Waals surface area contributed by atoms with Crippen molar-refractivity contribution >= 4 is 22.3 Å². The Kier molecular flexibility index (Phi) is 5.88. The number of thiazole rings is 1. The third kappa shape index (κ3) is 4.22. The molecule has 0 spiro atoms. The molecule has 0 aliphatic carbocycles. The van der Waals surface area contributed by atoms with Gasteiger partial charge in [0.25, 0.3) is 0 Å². The van der Waals surface area contributed by atoms with Crippen molar-refractivity contribution in [3.05, 3.63) is 40.7 Å². The summed E-state index contributed by atoms with van der Waals surface area (Å²) in [5.74, 6) is -0.423. The number of hydrogen-bond acceptors (Lipinski definition) is 6. The number of methoxy groups -OCH3 is 1. The fourth-order valence-corrected chi connectivity index (χ4v) is 4.14. The van der Waals surface area contributed by atoms with Crippen LogP contribution in [-0.2, 0) is 6.54 Å². The van der Waals surface area contributed by atoms with E-state index in [1.165, 1.54) is 24.1 Å². The number of likely N-dealkylation sites (tertiary alicyclic amines) is 1. The molecule has 1 saturated heterocycles. The maximum absolute atomic E-state index is 13.9. The second kappa shape index (κ2) is 8.14. The standard InChI is InChI=1S/C19H24FN3O2S/c1-22(2)19-21-10-15(26-19)12-23-8-4-5-14(11-23)18(24)13-6-7-17(25-3)16(20)9-13/h6-7,9-10,14H,4-5,8,11-12H2,1-3H3/t14-/m1/s1. The number of Topliss-reactive ketones (excluding diaryl/α,β-unsaturated/α-hetero) is 1. The molecule has 7 heteroatoms. The summed E-state index contributed by atoms with van der Waals surface area (Å²) in [6.07, 6.45) is 3.72. The van der Waals surface area contributed by atoms with E-state index in [2.05, 4.69) is 9.88 Å². The number of anilines is 1. The number of benzene rings is 1. The van der Waals surface area contributed by atoms with Crippen molar-refractivity contribution < 1.29 is 13.9 Å².